The Hall–Kier alpha value is -2.14. The molecule has 0 radical (unpaired) electrons. The molecule has 5 heteroatoms. The summed E-state index contributed by atoms with van der Waals surface area (Å²) in [6.45, 7) is 1.07. The van der Waals surface area contributed by atoms with Crippen LogP contribution in [0.1, 0.15) is 5.56 Å². The molecule has 0 spiro atoms. The van der Waals surface area contributed by atoms with Crippen LogP contribution >= 0.6 is 0 Å². The van der Waals surface area contributed by atoms with E-state index in [0.717, 1.165) is 29.5 Å². The highest BCUT2D eigenvalue weighted by Crippen LogP contribution is 2.19. The van der Waals surface area contributed by atoms with Crippen LogP contribution in [0.15, 0.2) is 42.5 Å². The molecule has 2 aromatic rings. The van der Waals surface area contributed by atoms with Crippen molar-refractivity contribution in [3.63, 3.8) is 0 Å². The number of nitrogens with one attached hydrogen (secondary N) is 1. The van der Waals surface area contributed by atoms with Gasteiger partial charge in [-0.2, -0.15) is 0 Å². The Kier molecular flexibility index (Phi) is 5.51. The minimum atomic E-state index is -0.591. The number of rotatable bonds is 7. The van der Waals surface area contributed by atoms with E-state index in [1.807, 2.05) is 31.3 Å². The molecule has 0 saturated heterocycles. The molecule has 0 fully saturated rings. The predicted molar refractivity (Wildman–Crippen MR) is 76.6 cm³/mol. The molecule has 0 aliphatic heterocycles. The molecule has 1 N–H and O–H groups in total. The number of benzene rings is 2. The Labute approximate surface area is 122 Å². The molecular formula is C16H17F2NO2. The van der Waals surface area contributed by atoms with Crippen molar-refractivity contribution < 1.29 is 18.3 Å². The standard InChI is InChI=1S/C16H17F2NO2/c1-19-11-12-4-2-3-5-15(12)20-8-9-21-16-10-13(17)6-7-14(16)18/h2-7,10,19H,8-9,11H2,1H3. The average molecular weight is 293 g/mol. The maximum absolute atomic E-state index is 13.3. The maximum atomic E-state index is 13.3. The average Bonchev–Trinajstić information content (AvgIpc) is 2.49. The lowest BCUT2D eigenvalue weighted by Crippen LogP contribution is -2.12. The summed E-state index contributed by atoms with van der Waals surface area (Å²) in [6.07, 6.45) is 0. The second-order valence-corrected chi connectivity index (χ2v) is 4.41. The van der Waals surface area contributed by atoms with Gasteiger partial charge in [-0.25, -0.2) is 8.78 Å². The molecule has 0 atom stereocenters. The van der Waals surface area contributed by atoms with Crippen molar-refractivity contribution in [2.24, 2.45) is 0 Å². The van der Waals surface area contributed by atoms with Gasteiger partial charge in [0.2, 0.25) is 0 Å². The first-order valence-electron chi connectivity index (χ1n) is 6.64. The minimum absolute atomic E-state index is 0.109. The van der Waals surface area contributed by atoms with E-state index in [-0.39, 0.29) is 19.0 Å². The molecule has 0 aliphatic carbocycles. The van der Waals surface area contributed by atoms with Crippen molar-refractivity contribution in [2.75, 3.05) is 20.3 Å². The van der Waals surface area contributed by atoms with Gasteiger partial charge in [-0.15, -0.1) is 0 Å². The van der Waals surface area contributed by atoms with E-state index in [2.05, 4.69) is 5.32 Å². The fourth-order valence-electron chi connectivity index (χ4n) is 1.87. The van der Waals surface area contributed by atoms with Crippen molar-refractivity contribution in [3.8, 4) is 11.5 Å². The van der Waals surface area contributed by atoms with E-state index < -0.39 is 11.6 Å². The fourth-order valence-corrected chi connectivity index (χ4v) is 1.87. The molecule has 2 rings (SSSR count). The molecule has 0 bridgehead atoms. The topological polar surface area (TPSA) is 30.5 Å². The lowest BCUT2D eigenvalue weighted by molar-refractivity contribution is 0.209. The second kappa shape index (κ2) is 7.59. The van der Waals surface area contributed by atoms with E-state index in [1.165, 1.54) is 0 Å². The molecule has 3 nitrogen and oxygen atoms in total. The van der Waals surface area contributed by atoms with Crippen LogP contribution in [-0.4, -0.2) is 20.3 Å². The molecule has 112 valence electrons. The molecule has 0 aromatic heterocycles. The Bertz CT molecular complexity index is 590. The summed E-state index contributed by atoms with van der Waals surface area (Å²) in [7, 11) is 1.85. The zero-order chi connectivity index (χ0) is 15.1. The fraction of sp³-hybridized carbons (Fsp3) is 0.250. The van der Waals surface area contributed by atoms with Crippen molar-refractivity contribution in [2.45, 2.75) is 6.54 Å². The van der Waals surface area contributed by atoms with E-state index in [4.69, 9.17) is 9.47 Å². The second-order valence-electron chi connectivity index (χ2n) is 4.41. The quantitative estimate of drug-likeness (QED) is 0.796. The lowest BCUT2D eigenvalue weighted by Gasteiger charge is -2.12. The monoisotopic (exact) mass is 293 g/mol. The van der Waals surface area contributed by atoms with Gasteiger partial charge in [0.05, 0.1) is 0 Å². The van der Waals surface area contributed by atoms with Gasteiger partial charge in [0.25, 0.3) is 0 Å². The Morgan fingerprint density at radius 3 is 2.43 bits per heavy atom. The molecule has 0 heterocycles. The molecule has 0 saturated carbocycles. The van der Waals surface area contributed by atoms with Crippen LogP contribution in [0.3, 0.4) is 0 Å². The summed E-state index contributed by atoms with van der Waals surface area (Å²) in [5.41, 5.74) is 1.02. The van der Waals surface area contributed by atoms with Crippen molar-refractivity contribution in [1.29, 1.82) is 0 Å². The third kappa shape index (κ3) is 4.43. The zero-order valence-corrected chi connectivity index (χ0v) is 11.7. The van der Waals surface area contributed by atoms with Crippen molar-refractivity contribution >= 4 is 0 Å². The summed E-state index contributed by atoms with van der Waals surface area (Å²) in [6, 6.07) is 10.7. The van der Waals surface area contributed by atoms with E-state index in [1.54, 1.807) is 0 Å². The highest BCUT2D eigenvalue weighted by Gasteiger charge is 2.06. The molecule has 0 aliphatic rings. The number of para-hydroxylation sites is 1. The Morgan fingerprint density at radius 1 is 0.952 bits per heavy atom. The molecule has 2 aromatic carbocycles. The number of halogens is 2. The van der Waals surface area contributed by atoms with Gasteiger partial charge in [0, 0.05) is 18.2 Å². The van der Waals surface area contributed by atoms with Gasteiger partial charge in [-0.05, 0) is 25.2 Å². The molecule has 21 heavy (non-hydrogen) atoms. The highest BCUT2D eigenvalue weighted by molar-refractivity contribution is 5.33. The van der Waals surface area contributed by atoms with Crippen LogP contribution in [0.4, 0.5) is 8.78 Å². The van der Waals surface area contributed by atoms with Crippen molar-refractivity contribution in [1.82, 2.24) is 5.32 Å². The number of hydrogen-bond donors (Lipinski definition) is 1. The number of ether oxygens (including phenoxy) is 2. The Balaban J connectivity index is 1.86. The van der Waals surface area contributed by atoms with Crippen LogP contribution < -0.4 is 14.8 Å². The van der Waals surface area contributed by atoms with Gasteiger partial charge < -0.3 is 14.8 Å². The molecule has 0 amide bonds. The van der Waals surface area contributed by atoms with Gasteiger partial charge >= 0.3 is 0 Å². The largest absolute Gasteiger partial charge is 0.490 e. The third-order valence-corrected chi connectivity index (χ3v) is 2.83. The predicted octanol–water partition coefficient (Wildman–Crippen LogP) is 3.14. The first kappa shape index (κ1) is 15.3. The van der Waals surface area contributed by atoms with Crippen LogP contribution in [0, 0.1) is 11.6 Å². The smallest absolute Gasteiger partial charge is 0.165 e. The van der Waals surface area contributed by atoms with Crippen LogP contribution in [-0.2, 0) is 6.54 Å². The van der Waals surface area contributed by atoms with Crippen LogP contribution in [0.2, 0.25) is 0 Å². The van der Waals surface area contributed by atoms with Gasteiger partial charge in [-0.3, -0.25) is 0 Å². The minimum Gasteiger partial charge on any atom is -0.490 e. The van der Waals surface area contributed by atoms with Crippen molar-refractivity contribution in [3.05, 3.63) is 59.7 Å². The zero-order valence-electron chi connectivity index (χ0n) is 11.7. The molecular weight excluding hydrogens is 276 g/mol. The van der Waals surface area contributed by atoms with Gasteiger partial charge in [0.1, 0.15) is 24.8 Å². The SMILES string of the molecule is CNCc1ccccc1OCCOc1cc(F)ccc1F. The van der Waals surface area contributed by atoms with Crippen LogP contribution in [0.5, 0.6) is 11.5 Å². The molecule has 0 unspecified atom stereocenters. The normalized spacial score (nSPS) is 10.4. The lowest BCUT2D eigenvalue weighted by atomic mass is 10.2. The van der Waals surface area contributed by atoms with E-state index in [9.17, 15) is 8.78 Å². The maximum Gasteiger partial charge on any atom is 0.165 e. The summed E-state index contributed by atoms with van der Waals surface area (Å²) in [4.78, 5) is 0. The summed E-state index contributed by atoms with van der Waals surface area (Å²) in [5.74, 6) is -0.490. The third-order valence-electron chi connectivity index (χ3n) is 2.83. The first-order chi connectivity index (χ1) is 10.2. The van der Waals surface area contributed by atoms with E-state index in [0.29, 0.717) is 6.54 Å². The summed E-state index contributed by atoms with van der Waals surface area (Å²) in [5, 5.41) is 3.05. The van der Waals surface area contributed by atoms with Crippen LogP contribution in [0.25, 0.3) is 0 Å². The van der Waals surface area contributed by atoms with E-state index >= 15 is 0 Å². The first-order valence-corrected chi connectivity index (χ1v) is 6.64. The van der Waals surface area contributed by atoms with Gasteiger partial charge in [-0.1, -0.05) is 18.2 Å². The number of hydrogen-bond acceptors (Lipinski definition) is 3. The summed E-state index contributed by atoms with van der Waals surface area (Å²) >= 11 is 0. The van der Waals surface area contributed by atoms with Gasteiger partial charge in [0.15, 0.2) is 11.6 Å². The highest BCUT2D eigenvalue weighted by atomic mass is 19.1. The summed E-state index contributed by atoms with van der Waals surface area (Å²) < 4.78 is 37.1. The Morgan fingerprint density at radius 2 is 1.67 bits per heavy atom.